The predicted molar refractivity (Wildman–Crippen MR) is 102 cm³/mol. The smallest absolute Gasteiger partial charge is 0.257 e. The highest BCUT2D eigenvalue weighted by Gasteiger charge is 2.35. The maximum atomic E-state index is 12.4. The number of thiophene rings is 1. The molecule has 0 N–H and O–H groups in total. The van der Waals surface area contributed by atoms with E-state index in [0.717, 1.165) is 16.0 Å². The lowest BCUT2D eigenvalue weighted by molar-refractivity contribution is -0.133. The predicted octanol–water partition coefficient (Wildman–Crippen LogP) is 3.66. The highest BCUT2D eigenvalue weighted by Crippen LogP contribution is 2.30. The SMILES string of the molecule is O=C(CSc1nc2ccccc2o1)N1CC(c2nc(-c3cccs3)no2)C1. The van der Waals surface area contributed by atoms with Crippen LogP contribution in [0.15, 0.2) is 55.9 Å². The van der Waals surface area contributed by atoms with E-state index in [1.807, 2.05) is 41.8 Å². The second-order valence-electron chi connectivity index (χ2n) is 6.17. The van der Waals surface area contributed by atoms with Crippen LogP contribution < -0.4 is 0 Å². The van der Waals surface area contributed by atoms with E-state index in [1.54, 1.807) is 16.2 Å². The van der Waals surface area contributed by atoms with Gasteiger partial charge >= 0.3 is 0 Å². The van der Waals surface area contributed by atoms with Gasteiger partial charge in [-0.25, -0.2) is 4.98 Å². The first-order valence-corrected chi connectivity index (χ1v) is 10.3. The minimum Gasteiger partial charge on any atom is -0.431 e. The van der Waals surface area contributed by atoms with E-state index < -0.39 is 0 Å². The average molecular weight is 398 g/mol. The normalized spacial score (nSPS) is 14.6. The molecule has 3 aromatic heterocycles. The van der Waals surface area contributed by atoms with Crippen LogP contribution in [0.25, 0.3) is 21.8 Å². The number of rotatable bonds is 5. The molecule has 0 radical (unpaired) electrons. The summed E-state index contributed by atoms with van der Waals surface area (Å²) in [4.78, 5) is 23.9. The van der Waals surface area contributed by atoms with Crippen LogP contribution >= 0.6 is 23.1 Å². The van der Waals surface area contributed by atoms with Gasteiger partial charge < -0.3 is 13.8 Å². The van der Waals surface area contributed by atoms with Crippen molar-refractivity contribution >= 4 is 40.1 Å². The van der Waals surface area contributed by atoms with Crippen LogP contribution in [0.1, 0.15) is 11.8 Å². The zero-order valence-electron chi connectivity index (χ0n) is 14.1. The molecule has 27 heavy (non-hydrogen) atoms. The fraction of sp³-hybridized carbons (Fsp3) is 0.222. The number of amides is 1. The molecule has 136 valence electrons. The summed E-state index contributed by atoms with van der Waals surface area (Å²) < 4.78 is 11.0. The molecule has 5 rings (SSSR count). The summed E-state index contributed by atoms with van der Waals surface area (Å²) in [5.74, 6) is 1.65. The molecule has 0 spiro atoms. The second-order valence-corrected chi connectivity index (χ2v) is 8.04. The van der Waals surface area contributed by atoms with Gasteiger partial charge in [0, 0.05) is 13.1 Å². The lowest BCUT2D eigenvalue weighted by atomic mass is 10.0. The number of fused-ring (bicyclic) bond motifs is 1. The van der Waals surface area contributed by atoms with Crippen LogP contribution in [0.2, 0.25) is 0 Å². The van der Waals surface area contributed by atoms with Gasteiger partial charge in [0.1, 0.15) is 5.52 Å². The van der Waals surface area contributed by atoms with Crippen LogP contribution in [0.3, 0.4) is 0 Å². The zero-order chi connectivity index (χ0) is 18.2. The van der Waals surface area contributed by atoms with Gasteiger partial charge in [-0.1, -0.05) is 35.1 Å². The van der Waals surface area contributed by atoms with Gasteiger partial charge in [-0.3, -0.25) is 4.79 Å². The van der Waals surface area contributed by atoms with Crippen LogP contribution in [0.5, 0.6) is 0 Å². The number of carbonyl (C=O) groups excluding carboxylic acids is 1. The number of hydrogen-bond acceptors (Lipinski definition) is 8. The Morgan fingerprint density at radius 3 is 2.93 bits per heavy atom. The summed E-state index contributed by atoms with van der Waals surface area (Å²) in [6.45, 7) is 1.19. The molecule has 1 aromatic carbocycles. The van der Waals surface area contributed by atoms with E-state index in [9.17, 15) is 4.79 Å². The maximum Gasteiger partial charge on any atom is 0.257 e. The molecule has 1 amide bonds. The quantitative estimate of drug-likeness (QED) is 0.474. The topological polar surface area (TPSA) is 85.3 Å². The van der Waals surface area contributed by atoms with Crippen LogP contribution in [-0.4, -0.2) is 44.8 Å². The standard InChI is InChI=1S/C18H14N4O3S2/c23-15(10-27-18-19-12-4-1-2-5-13(12)24-18)22-8-11(9-22)17-20-16(21-25-17)14-6-3-7-26-14/h1-7,11H,8-10H2. The second kappa shape index (κ2) is 6.82. The Morgan fingerprint density at radius 1 is 1.22 bits per heavy atom. The summed E-state index contributed by atoms with van der Waals surface area (Å²) in [6, 6.07) is 11.5. The molecule has 1 saturated heterocycles. The molecular weight excluding hydrogens is 384 g/mol. The molecule has 0 unspecified atom stereocenters. The minimum absolute atomic E-state index is 0.0523. The Bertz CT molecular complexity index is 1050. The van der Waals surface area contributed by atoms with Crippen molar-refractivity contribution in [3.8, 4) is 10.7 Å². The van der Waals surface area contributed by atoms with E-state index in [2.05, 4.69) is 15.1 Å². The van der Waals surface area contributed by atoms with Crippen molar-refractivity contribution in [3.05, 3.63) is 47.7 Å². The molecule has 1 aliphatic rings. The number of hydrogen-bond donors (Lipinski definition) is 0. The van der Waals surface area contributed by atoms with E-state index >= 15 is 0 Å². The Balaban J connectivity index is 1.15. The van der Waals surface area contributed by atoms with Crippen molar-refractivity contribution in [3.63, 3.8) is 0 Å². The van der Waals surface area contributed by atoms with Crippen molar-refractivity contribution in [1.82, 2.24) is 20.0 Å². The summed E-state index contributed by atoms with van der Waals surface area (Å²) >= 11 is 2.88. The number of likely N-dealkylation sites (tertiary alicyclic amines) is 1. The molecule has 0 aliphatic carbocycles. The summed E-state index contributed by atoms with van der Waals surface area (Å²) in [7, 11) is 0. The highest BCUT2D eigenvalue weighted by atomic mass is 32.2. The van der Waals surface area contributed by atoms with Crippen molar-refractivity contribution in [2.45, 2.75) is 11.1 Å². The number of benzene rings is 1. The average Bonchev–Trinajstić information content (AvgIpc) is 3.37. The monoisotopic (exact) mass is 398 g/mol. The Kier molecular flexibility index (Phi) is 4.17. The number of thioether (sulfide) groups is 1. The van der Waals surface area contributed by atoms with Gasteiger partial charge in [-0.05, 0) is 23.6 Å². The van der Waals surface area contributed by atoms with Gasteiger partial charge in [0.15, 0.2) is 5.58 Å². The minimum atomic E-state index is 0.0523. The molecule has 0 atom stereocenters. The van der Waals surface area contributed by atoms with Crippen molar-refractivity contribution in [2.24, 2.45) is 0 Å². The summed E-state index contributed by atoms with van der Waals surface area (Å²) in [5.41, 5.74) is 1.53. The summed E-state index contributed by atoms with van der Waals surface area (Å²) in [5, 5.41) is 6.51. The first-order valence-electron chi connectivity index (χ1n) is 8.40. The third-order valence-corrected chi connectivity index (χ3v) is 6.04. The molecular formula is C18H14N4O3S2. The van der Waals surface area contributed by atoms with E-state index in [1.165, 1.54) is 11.8 Å². The lowest BCUT2D eigenvalue weighted by Gasteiger charge is -2.36. The fourth-order valence-corrected chi connectivity index (χ4v) is 4.26. The molecule has 1 aliphatic heterocycles. The first kappa shape index (κ1) is 16.5. The number of carbonyl (C=O) groups is 1. The molecule has 4 heterocycles. The van der Waals surface area contributed by atoms with Crippen molar-refractivity contribution in [1.29, 1.82) is 0 Å². The highest BCUT2D eigenvalue weighted by molar-refractivity contribution is 7.99. The van der Waals surface area contributed by atoms with Crippen LogP contribution in [0.4, 0.5) is 0 Å². The molecule has 0 bridgehead atoms. The largest absolute Gasteiger partial charge is 0.431 e. The Labute approximate surface area is 162 Å². The van der Waals surface area contributed by atoms with Crippen molar-refractivity contribution < 1.29 is 13.7 Å². The first-order chi connectivity index (χ1) is 13.3. The Morgan fingerprint density at radius 2 is 2.11 bits per heavy atom. The van der Waals surface area contributed by atoms with E-state index in [4.69, 9.17) is 8.94 Å². The molecule has 7 nitrogen and oxygen atoms in total. The van der Waals surface area contributed by atoms with Gasteiger partial charge in [0.2, 0.25) is 17.6 Å². The third-order valence-electron chi connectivity index (χ3n) is 4.36. The molecule has 0 saturated carbocycles. The van der Waals surface area contributed by atoms with Gasteiger partial charge in [-0.2, -0.15) is 4.98 Å². The fourth-order valence-electron chi connectivity index (χ4n) is 2.87. The number of nitrogens with zero attached hydrogens (tertiary/aromatic N) is 4. The van der Waals surface area contributed by atoms with Crippen LogP contribution in [-0.2, 0) is 4.79 Å². The molecule has 4 aromatic rings. The summed E-state index contributed by atoms with van der Waals surface area (Å²) in [6.07, 6.45) is 0. The number of para-hydroxylation sites is 2. The Hall–Kier alpha value is -2.65. The van der Waals surface area contributed by atoms with Gasteiger partial charge in [0.05, 0.1) is 16.5 Å². The lowest BCUT2D eigenvalue weighted by Crippen LogP contribution is -2.49. The maximum absolute atomic E-state index is 12.4. The van der Waals surface area contributed by atoms with E-state index in [0.29, 0.717) is 35.8 Å². The van der Waals surface area contributed by atoms with Gasteiger partial charge in [-0.15, -0.1) is 11.3 Å². The zero-order valence-corrected chi connectivity index (χ0v) is 15.7. The third kappa shape index (κ3) is 3.24. The number of oxazole rings is 1. The molecule has 1 fully saturated rings. The van der Waals surface area contributed by atoms with Gasteiger partial charge in [0.25, 0.3) is 5.22 Å². The van der Waals surface area contributed by atoms with E-state index in [-0.39, 0.29) is 11.8 Å². The van der Waals surface area contributed by atoms with Crippen molar-refractivity contribution in [2.75, 3.05) is 18.8 Å². The molecule has 9 heteroatoms. The number of aromatic nitrogens is 3. The van der Waals surface area contributed by atoms with Crippen LogP contribution in [0, 0.1) is 0 Å².